The van der Waals surface area contributed by atoms with Crippen LogP contribution in [0.5, 0.6) is 0 Å². The summed E-state index contributed by atoms with van der Waals surface area (Å²) in [7, 11) is -2.00. The Balaban J connectivity index is 1.08. The fourth-order valence-corrected chi connectivity index (χ4v) is 14.5. The SMILES string of the molecule is c1ccc(-c2ccc3c(c2)c2cc(-c4ccccc4)ccc2n3-c2ccc3c(c2)S(c2ccccc2)(c2ccccc2)c2cc(-c4cccc5c4oc4ccccc45)ccc2-3)cc1. The number of fused-ring (bicyclic) bond motifs is 9. The Morgan fingerprint density at radius 1 is 0.317 bits per heavy atom. The first-order valence-electron chi connectivity index (χ1n) is 21.6. The predicted molar refractivity (Wildman–Crippen MR) is 263 cm³/mol. The van der Waals surface area contributed by atoms with Crippen molar-refractivity contribution in [3.8, 4) is 50.2 Å². The first-order chi connectivity index (χ1) is 31.2. The van der Waals surface area contributed by atoms with E-state index in [2.05, 4.69) is 235 Å². The van der Waals surface area contributed by atoms with Crippen molar-refractivity contribution in [1.82, 2.24) is 4.57 Å². The highest BCUT2D eigenvalue weighted by Crippen LogP contribution is 2.80. The van der Waals surface area contributed by atoms with Gasteiger partial charge in [-0.2, -0.15) is 0 Å². The van der Waals surface area contributed by atoms with Gasteiger partial charge in [0.25, 0.3) is 0 Å². The monoisotopic (exact) mass is 821 g/mol. The van der Waals surface area contributed by atoms with E-state index in [9.17, 15) is 0 Å². The molecule has 1 aliphatic rings. The molecule has 13 rings (SSSR count). The minimum atomic E-state index is -2.00. The maximum atomic E-state index is 6.64. The molecule has 2 nitrogen and oxygen atoms in total. The summed E-state index contributed by atoms with van der Waals surface area (Å²) in [6.45, 7) is 0. The third-order valence-corrected chi connectivity index (χ3v) is 17.0. The average molecular weight is 822 g/mol. The Morgan fingerprint density at radius 2 is 0.825 bits per heavy atom. The molecule has 0 unspecified atom stereocenters. The number of furan rings is 1. The molecule has 0 saturated heterocycles. The molecule has 3 heteroatoms. The molecule has 10 aromatic carbocycles. The number of hydrogen-bond donors (Lipinski definition) is 0. The van der Waals surface area contributed by atoms with Crippen molar-refractivity contribution in [1.29, 1.82) is 0 Å². The van der Waals surface area contributed by atoms with Gasteiger partial charge in [-0.1, -0.05) is 164 Å². The summed E-state index contributed by atoms with van der Waals surface area (Å²) in [6.07, 6.45) is 0. The summed E-state index contributed by atoms with van der Waals surface area (Å²) < 4.78 is 9.13. The molecule has 0 amide bonds. The number of rotatable bonds is 6. The predicted octanol–water partition coefficient (Wildman–Crippen LogP) is 17.0. The lowest BCUT2D eigenvalue weighted by Crippen LogP contribution is -2.03. The molecule has 63 heavy (non-hydrogen) atoms. The molecule has 2 aromatic heterocycles. The highest BCUT2D eigenvalue weighted by molar-refractivity contribution is 8.34. The minimum Gasteiger partial charge on any atom is -0.455 e. The Labute approximate surface area is 367 Å². The van der Waals surface area contributed by atoms with Crippen LogP contribution in [-0.2, 0) is 0 Å². The standard InChI is InChI=1S/C60H39NOS/c1-5-16-40(17-6-1)42-29-34-55-53(36-42)54-37-43(41-18-7-2-8-19-41)30-35-56(54)61(55)45-31-33-51-50-32-28-44(48-25-15-26-52-49-24-13-14-27-57(49)62-60(48)52)38-58(50)63(59(51)39-45,46-20-9-3-10-21-46)47-22-11-4-12-23-47/h1-39H. The second kappa shape index (κ2) is 14.1. The van der Waals surface area contributed by atoms with Gasteiger partial charge in [-0.3, -0.25) is 0 Å². The van der Waals surface area contributed by atoms with Crippen molar-refractivity contribution in [3.63, 3.8) is 0 Å². The van der Waals surface area contributed by atoms with E-state index < -0.39 is 10.0 Å². The maximum absolute atomic E-state index is 6.64. The lowest BCUT2D eigenvalue weighted by Gasteiger charge is -2.39. The van der Waals surface area contributed by atoms with E-state index in [4.69, 9.17) is 4.42 Å². The van der Waals surface area contributed by atoms with E-state index in [1.807, 2.05) is 6.07 Å². The summed E-state index contributed by atoms with van der Waals surface area (Å²) in [5, 5.41) is 4.75. The topological polar surface area (TPSA) is 18.1 Å². The molecule has 0 N–H and O–H groups in total. The maximum Gasteiger partial charge on any atom is 0.143 e. The van der Waals surface area contributed by atoms with Gasteiger partial charge in [-0.15, -0.1) is 10.0 Å². The van der Waals surface area contributed by atoms with Crippen LogP contribution < -0.4 is 0 Å². The molecule has 0 aliphatic carbocycles. The molecular weight excluding hydrogens is 783 g/mol. The normalized spacial score (nSPS) is 13.4. The van der Waals surface area contributed by atoms with E-state index in [1.165, 1.54) is 74.8 Å². The largest absolute Gasteiger partial charge is 0.455 e. The summed E-state index contributed by atoms with van der Waals surface area (Å²) in [4.78, 5) is 5.33. The Hall–Kier alpha value is -7.85. The Morgan fingerprint density at radius 3 is 1.44 bits per heavy atom. The highest BCUT2D eigenvalue weighted by atomic mass is 32.3. The van der Waals surface area contributed by atoms with Crippen LogP contribution in [0.25, 0.3) is 93.9 Å². The van der Waals surface area contributed by atoms with E-state index in [-0.39, 0.29) is 0 Å². The molecular formula is C60H39NOS. The van der Waals surface area contributed by atoms with Crippen LogP contribution in [0.2, 0.25) is 0 Å². The van der Waals surface area contributed by atoms with Crippen molar-refractivity contribution in [3.05, 3.63) is 237 Å². The van der Waals surface area contributed by atoms with Crippen molar-refractivity contribution in [2.45, 2.75) is 19.6 Å². The van der Waals surface area contributed by atoms with Gasteiger partial charge in [0.1, 0.15) is 11.2 Å². The van der Waals surface area contributed by atoms with Crippen molar-refractivity contribution >= 4 is 53.8 Å². The van der Waals surface area contributed by atoms with Gasteiger partial charge in [0.15, 0.2) is 0 Å². The molecule has 0 bridgehead atoms. The van der Waals surface area contributed by atoms with Crippen molar-refractivity contribution in [2.75, 3.05) is 0 Å². The zero-order valence-electron chi connectivity index (χ0n) is 34.3. The number of aromatic nitrogens is 1. The first-order valence-corrected chi connectivity index (χ1v) is 23.2. The molecule has 296 valence electrons. The summed E-state index contributed by atoms with van der Waals surface area (Å²) in [5.41, 5.74) is 15.0. The zero-order chi connectivity index (χ0) is 41.5. The second-order valence-electron chi connectivity index (χ2n) is 16.4. The number of hydrogen-bond acceptors (Lipinski definition) is 1. The lowest BCUT2D eigenvalue weighted by atomic mass is 9.98. The van der Waals surface area contributed by atoms with Crippen LogP contribution in [0, 0.1) is 0 Å². The minimum absolute atomic E-state index is 0.909. The second-order valence-corrected chi connectivity index (χ2v) is 19.5. The van der Waals surface area contributed by atoms with E-state index in [0.29, 0.717) is 0 Å². The van der Waals surface area contributed by atoms with Gasteiger partial charge < -0.3 is 8.98 Å². The quantitative estimate of drug-likeness (QED) is 0.163. The van der Waals surface area contributed by atoms with Gasteiger partial charge in [0.05, 0.1) is 11.0 Å². The molecule has 0 fully saturated rings. The van der Waals surface area contributed by atoms with Crippen LogP contribution in [0.1, 0.15) is 0 Å². The molecule has 0 spiro atoms. The highest BCUT2D eigenvalue weighted by Gasteiger charge is 2.42. The Bertz CT molecular complexity index is 3580. The molecule has 1 aliphatic heterocycles. The molecule has 12 aromatic rings. The number of para-hydroxylation sites is 2. The van der Waals surface area contributed by atoms with Crippen LogP contribution in [0.15, 0.2) is 261 Å². The van der Waals surface area contributed by atoms with Gasteiger partial charge in [-0.25, -0.2) is 0 Å². The third-order valence-electron chi connectivity index (χ3n) is 13.0. The van der Waals surface area contributed by atoms with Crippen LogP contribution in [0.4, 0.5) is 0 Å². The van der Waals surface area contributed by atoms with Gasteiger partial charge in [-0.05, 0) is 112 Å². The van der Waals surface area contributed by atoms with E-state index in [1.54, 1.807) is 0 Å². The molecule has 0 radical (unpaired) electrons. The Kier molecular flexibility index (Phi) is 8.03. The molecule has 0 atom stereocenters. The molecule has 3 heterocycles. The van der Waals surface area contributed by atoms with Crippen LogP contribution in [0.3, 0.4) is 0 Å². The van der Waals surface area contributed by atoms with Crippen molar-refractivity contribution in [2.24, 2.45) is 0 Å². The smallest absolute Gasteiger partial charge is 0.143 e. The number of benzene rings is 10. The third kappa shape index (κ3) is 5.40. The summed E-state index contributed by atoms with van der Waals surface area (Å²) in [5.74, 6) is 0. The van der Waals surface area contributed by atoms with Crippen LogP contribution >= 0.6 is 10.0 Å². The number of nitrogens with zero attached hydrogens (tertiary/aromatic N) is 1. The van der Waals surface area contributed by atoms with Crippen molar-refractivity contribution < 1.29 is 4.42 Å². The molecule has 0 saturated carbocycles. The zero-order valence-corrected chi connectivity index (χ0v) is 35.1. The average Bonchev–Trinajstić information content (AvgIpc) is 4.00. The lowest BCUT2D eigenvalue weighted by molar-refractivity contribution is 0.670. The summed E-state index contributed by atoms with van der Waals surface area (Å²) in [6, 6.07) is 87.2. The van der Waals surface area contributed by atoms with Gasteiger partial charge >= 0.3 is 0 Å². The van der Waals surface area contributed by atoms with Crippen LogP contribution in [-0.4, -0.2) is 4.57 Å². The van der Waals surface area contributed by atoms with E-state index in [0.717, 1.165) is 38.8 Å². The summed E-state index contributed by atoms with van der Waals surface area (Å²) >= 11 is 0. The van der Waals surface area contributed by atoms with Gasteiger partial charge in [0, 0.05) is 52.4 Å². The van der Waals surface area contributed by atoms with E-state index >= 15 is 0 Å². The van der Waals surface area contributed by atoms with Gasteiger partial charge in [0.2, 0.25) is 0 Å². The fraction of sp³-hybridized carbons (Fsp3) is 0. The first kappa shape index (κ1) is 35.9. The fourth-order valence-electron chi connectivity index (χ4n) is 10.2.